The number of nitrogens with zero attached hydrogens (tertiary/aromatic N) is 1. The molecule has 1 N–H and O–H groups in total. The number of hydrogen-bond donors (Lipinski definition) is 1. The predicted molar refractivity (Wildman–Crippen MR) is 90.1 cm³/mol. The highest BCUT2D eigenvalue weighted by molar-refractivity contribution is 7.80. The summed E-state index contributed by atoms with van der Waals surface area (Å²) in [5.74, 6) is 0.547. The molecule has 1 aliphatic rings. The van der Waals surface area contributed by atoms with Gasteiger partial charge in [-0.2, -0.15) is 0 Å². The Kier molecular flexibility index (Phi) is 6.00. The molecule has 2 rings (SSSR count). The van der Waals surface area contributed by atoms with Crippen molar-refractivity contribution >= 4 is 29.0 Å². The van der Waals surface area contributed by atoms with Gasteiger partial charge in [0.25, 0.3) is 0 Å². The summed E-state index contributed by atoms with van der Waals surface area (Å²) in [6.45, 7) is 3.70. The first-order chi connectivity index (χ1) is 10.6. The number of ether oxygens (including phenoxy) is 2. The molecule has 0 bridgehead atoms. The zero-order valence-corrected chi connectivity index (χ0v) is 13.8. The Balaban J connectivity index is 1.95. The van der Waals surface area contributed by atoms with Crippen LogP contribution in [-0.4, -0.2) is 42.8 Å². The highest BCUT2D eigenvalue weighted by Gasteiger charge is 2.28. The molecule has 1 fully saturated rings. The van der Waals surface area contributed by atoms with Crippen molar-refractivity contribution in [2.24, 2.45) is 5.92 Å². The van der Waals surface area contributed by atoms with Crippen LogP contribution in [0.2, 0.25) is 0 Å². The van der Waals surface area contributed by atoms with Gasteiger partial charge in [0.2, 0.25) is 0 Å². The Hall–Kier alpha value is -1.82. The Bertz CT molecular complexity index is 536. The number of carbonyl (C=O) groups is 1. The maximum atomic E-state index is 11.9. The number of likely N-dealkylation sites (tertiary alicyclic amines) is 1. The minimum absolute atomic E-state index is 0.0984. The van der Waals surface area contributed by atoms with Crippen LogP contribution in [0.1, 0.15) is 19.8 Å². The molecule has 1 aromatic carbocycles. The normalized spacial score (nSPS) is 17.7. The zero-order chi connectivity index (χ0) is 15.9. The number of benzene rings is 1. The van der Waals surface area contributed by atoms with Crippen LogP contribution in [0.4, 0.5) is 5.69 Å². The molecular weight excluding hydrogens is 300 g/mol. The molecule has 6 heteroatoms. The van der Waals surface area contributed by atoms with Gasteiger partial charge in [-0.25, -0.2) is 0 Å². The van der Waals surface area contributed by atoms with Crippen molar-refractivity contribution in [2.75, 3.05) is 32.1 Å². The Morgan fingerprint density at radius 3 is 3.05 bits per heavy atom. The van der Waals surface area contributed by atoms with Crippen LogP contribution in [0.15, 0.2) is 24.3 Å². The molecular formula is C16H22N2O3S. The van der Waals surface area contributed by atoms with Crippen molar-refractivity contribution in [1.29, 1.82) is 0 Å². The molecule has 0 spiro atoms. The van der Waals surface area contributed by atoms with E-state index in [4.69, 9.17) is 21.7 Å². The number of hydrogen-bond acceptors (Lipinski definition) is 4. The van der Waals surface area contributed by atoms with Gasteiger partial charge in [-0.15, -0.1) is 0 Å². The highest BCUT2D eigenvalue weighted by atomic mass is 32.1. The highest BCUT2D eigenvalue weighted by Crippen LogP contribution is 2.21. The molecule has 0 aliphatic carbocycles. The van der Waals surface area contributed by atoms with Crippen LogP contribution < -0.4 is 10.1 Å². The molecule has 1 aliphatic heterocycles. The molecule has 120 valence electrons. The number of piperidine rings is 1. The molecule has 22 heavy (non-hydrogen) atoms. The van der Waals surface area contributed by atoms with Crippen molar-refractivity contribution in [3.63, 3.8) is 0 Å². The lowest BCUT2D eigenvalue weighted by Crippen LogP contribution is -2.44. The number of anilines is 1. The monoisotopic (exact) mass is 322 g/mol. The van der Waals surface area contributed by atoms with Crippen LogP contribution >= 0.6 is 12.2 Å². The molecule has 1 atom stereocenters. The summed E-state index contributed by atoms with van der Waals surface area (Å²) in [4.78, 5) is 13.9. The van der Waals surface area contributed by atoms with E-state index in [1.807, 2.05) is 36.1 Å². The van der Waals surface area contributed by atoms with E-state index in [0.717, 1.165) is 30.8 Å². The van der Waals surface area contributed by atoms with Crippen molar-refractivity contribution < 1.29 is 14.3 Å². The number of esters is 1. The number of thiocarbonyl (C=S) groups is 1. The lowest BCUT2D eigenvalue weighted by molar-refractivity contribution is -0.149. The van der Waals surface area contributed by atoms with Gasteiger partial charge in [0.15, 0.2) is 5.11 Å². The Morgan fingerprint density at radius 1 is 1.50 bits per heavy atom. The quantitative estimate of drug-likeness (QED) is 0.679. The van der Waals surface area contributed by atoms with Gasteiger partial charge in [0, 0.05) is 24.8 Å². The van der Waals surface area contributed by atoms with Gasteiger partial charge < -0.3 is 19.7 Å². The fourth-order valence-electron chi connectivity index (χ4n) is 2.52. The Morgan fingerprint density at radius 2 is 2.32 bits per heavy atom. The molecule has 1 saturated heterocycles. The summed E-state index contributed by atoms with van der Waals surface area (Å²) in [7, 11) is 1.63. The lowest BCUT2D eigenvalue weighted by atomic mass is 9.98. The molecule has 0 saturated carbocycles. The van der Waals surface area contributed by atoms with Gasteiger partial charge in [-0.3, -0.25) is 4.79 Å². The van der Waals surface area contributed by atoms with Crippen molar-refractivity contribution in [2.45, 2.75) is 19.8 Å². The van der Waals surface area contributed by atoms with Gasteiger partial charge in [0.05, 0.1) is 19.6 Å². The topological polar surface area (TPSA) is 50.8 Å². The van der Waals surface area contributed by atoms with E-state index in [9.17, 15) is 4.79 Å². The van der Waals surface area contributed by atoms with E-state index in [-0.39, 0.29) is 11.9 Å². The summed E-state index contributed by atoms with van der Waals surface area (Å²) in [5, 5.41) is 3.83. The molecule has 0 amide bonds. The molecule has 1 aromatic rings. The Labute approximate surface area is 136 Å². The number of nitrogens with one attached hydrogen (secondary N) is 1. The maximum absolute atomic E-state index is 11.9. The van der Waals surface area contributed by atoms with Crippen LogP contribution in [0.3, 0.4) is 0 Å². The minimum atomic E-state index is -0.128. The zero-order valence-electron chi connectivity index (χ0n) is 13.0. The summed E-state index contributed by atoms with van der Waals surface area (Å²) >= 11 is 5.46. The van der Waals surface area contributed by atoms with Crippen LogP contribution in [0, 0.1) is 5.92 Å². The second-order valence-electron chi connectivity index (χ2n) is 5.20. The SMILES string of the molecule is CCOC(=O)[C@H]1CCCN(C(=S)Nc2cccc(OC)c2)C1. The second kappa shape index (κ2) is 7.98. The van der Waals surface area contributed by atoms with Crippen LogP contribution in [0.25, 0.3) is 0 Å². The first-order valence-corrected chi connectivity index (χ1v) is 7.91. The van der Waals surface area contributed by atoms with Gasteiger partial charge in [-0.05, 0) is 44.1 Å². The van der Waals surface area contributed by atoms with E-state index in [0.29, 0.717) is 18.3 Å². The number of rotatable bonds is 4. The van der Waals surface area contributed by atoms with E-state index < -0.39 is 0 Å². The maximum Gasteiger partial charge on any atom is 0.310 e. The van der Waals surface area contributed by atoms with Crippen LogP contribution in [0.5, 0.6) is 5.75 Å². The van der Waals surface area contributed by atoms with E-state index in [1.165, 1.54) is 0 Å². The van der Waals surface area contributed by atoms with Gasteiger partial charge in [0.1, 0.15) is 5.75 Å². The van der Waals surface area contributed by atoms with E-state index in [2.05, 4.69) is 5.32 Å². The third-order valence-electron chi connectivity index (χ3n) is 3.65. The standard InChI is InChI=1S/C16H22N2O3S/c1-3-21-15(19)12-6-5-9-18(11-12)16(22)17-13-7-4-8-14(10-13)20-2/h4,7-8,10,12H,3,5-6,9,11H2,1-2H3,(H,17,22)/t12-/m0/s1. The van der Waals surface area contributed by atoms with Gasteiger partial charge in [-0.1, -0.05) is 6.07 Å². The molecule has 0 unspecified atom stereocenters. The largest absolute Gasteiger partial charge is 0.497 e. The lowest BCUT2D eigenvalue weighted by Gasteiger charge is -2.33. The minimum Gasteiger partial charge on any atom is -0.497 e. The fourth-order valence-corrected chi connectivity index (χ4v) is 2.80. The third kappa shape index (κ3) is 4.34. The average Bonchev–Trinajstić information content (AvgIpc) is 2.55. The van der Waals surface area contributed by atoms with Gasteiger partial charge >= 0.3 is 5.97 Å². The van der Waals surface area contributed by atoms with Crippen molar-refractivity contribution in [1.82, 2.24) is 4.90 Å². The first-order valence-electron chi connectivity index (χ1n) is 7.50. The fraction of sp³-hybridized carbons (Fsp3) is 0.500. The second-order valence-corrected chi connectivity index (χ2v) is 5.59. The smallest absolute Gasteiger partial charge is 0.310 e. The summed E-state index contributed by atoms with van der Waals surface area (Å²) < 4.78 is 10.3. The summed E-state index contributed by atoms with van der Waals surface area (Å²) in [6, 6.07) is 7.61. The predicted octanol–water partition coefficient (Wildman–Crippen LogP) is 2.67. The molecule has 1 heterocycles. The summed E-state index contributed by atoms with van der Waals surface area (Å²) in [6.07, 6.45) is 1.79. The summed E-state index contributed by atoms with van der Waals surface area (Å²) in [5.41, 5.74) is 0.877. The van der Waals surface area contributed by atoms with Crippen molar-refractivity contribution in [3.8, 4) is 5.75 Å². The average molecular weight is 322 g/mol. The molecule has 5 nitrogen and oxygen atoms in total. The molecule has 0 aromatic heterocycles. The van der Waals surface area contributed by atoms with Crippen molar-refractivity contribution in [3.05, 3.63) is 24.3 Å². The van der Waals surface area contributed by atoms with Crippen LogP contribution in [-0.2, 0) is 9.53 Å². The molecule has 0 radical (unpaired) electrons. The third-order valence-corrected chi connectivity index (χ3v) is 4.01. The first kappa shape index (κ1) is 16.5. The number of carbonyl (C=O) groups excluding carboxylic acids is 1. The van der Waals surface area contributed by atoms with E-state index in [1.54, 1.807) is 7.11 Å². The van der Waals surface area contributed by atoms with E-state index >= 15 is 0 Å². The number of methoxy groups -OCH3 is 1.